The number of piperidine rings is 1. The largest absolute Gasteiger partial charge is 0.375 e. The van der Waals surface area contributed by atoms with Gasteiger partial charge in [-0.1, -0.05) is 19.8 Å². The Bertz CT molecular complexity index is 326. The van der Waals surface area contributed by atoms with E-state index in [1.54, 1.807) is 0 Å². The second kappa shape index (κ2) is 6.95. The highest BCUT2D eigenvalue weighted by atomic mass is 16.5. The molecule has 4 nitrogen and oxygen atoms in total. The van der Waals surface area contributed by atoms with E-state index < -0.39 is 0 Å². The lowest BCUT2D eigenvalue weighted by Crippen LogP contribution is -2.67. The molecule has 0 bridgehead atoms. The number of ether oxygens (including phenoxy) is 1. The van der Waals surface area contributed by atoms with Crippen molar-refractivity contribution in [3.05, 3.63) is 0 Å². The Morgan fingerprint density at radius 1 is 1.14 bits per heavy atom. The Morgan fingerprint density at radius 3 is 2.62 bits per heavy atom. The summed E-state index contributed by atoms with van der Waals surface area (Å²) in [4.78, 5) is 5.40. The first kappa shape index (κ1) is 15.7. The van der Waals surface area contributed by atoms with Crippen molar-refractivity contribution in [2.45, 2.75) is 69.6 Å². The van der Waals surface area contributed by atoms with E-state index in [1.165, 1.54) is 64.6 Å². The van der Waals surface area contributed by atoms with Crippen LogP contribution in [0.4, 0.5) is 0 Å². The molecule has 0 amide bonds. The van der Waals surface area contributed by atoms with Gasteiger partial charge in [-0.25, -0.2) is 0 Å². The van der Waals surface area contributed by atoms with Crippen LogP contribution in [0.2, 0.25) is 0 Å². The molecule has 0 aromatic heterocycles. The van der Waals surface area contributed by atoms with Gasteiger partial charge in [-0.2, -0.15) is 0 Å². The molecule has 21 heavy (non-hydrogen) atoms. The molecule has 1 saturated carbocycles. The molecule has 0 radical (unpaired) electrons. The summed E-state index contributed by atoms with van der Waals surface area (Å²) in [6.07, 6.45) is 9.50. The van der Waals surface area contributed by atoms with Gasteiger partial charge in [0.1, 0.15) is 0 Å². The third-order valence-corrected chi connectivity index (χ3v) is 6.05. The number of rotatable bonds is 4. The lowest BCUT2D eigenvalue weighted by molar-refractivity contribution is -0.135. The number of morpholine rings is 1. The van der Waals surface area contributed by atoms with Crippen LogP contribution in [0.3, 0.4) is 0 Å². The SMILES string of the molecule is CCCN1CCC(CN)(N2CCOC3CCCCC32)CC1. The highest BCUT2D eigenvalue weighted by Gasteiger charge is 2.46. The van der Waals surface area contributed by atoms with Crippen LogP contribution >= 0.6 is 0 Å². The van der Waals surface area contributed by atoms with Crippen molar-refractivity contribution in [3.63, 3.8) is 0 Å². The van der Waals surface area contributed by atoms with E-state index in [-0.39, 0.29) is 5.54 Å². The number of hydrogen-bond acceptors (Lipinski definition) is 4. The molecule has 3 rings (SSSR count). The van der Waals surface area contributed by atoms with Crippen molar-refractivity contribution in [2.24, 2.45) is 5.73 Å². The highest BCUT2D eigenvalue weighted by Crippen LogP contribution is 2.37. The number of nitrogens with zero attached hydrogens (tertiary/aromatic N) is 2. The van der Waals surface area contributed by atoms with Gasteiger partial charge in [-0.05, 0) is 51.7 Å². The van der Waals surface area contributed by atoms with Gasteiger partial charge in [0.2, 0.25) is 0 Å². The summed E-state index contributed by atoms with van der Waals surface area (Å²) in [5, 5.41) is 0. The maximum atomic E-state index is 6.31. The first-order valence-electron chi connectivity index (χ1n) is 9.10. The smallest absolute Gasteiger partial charge is 0.0731 e. The molecule has 1 aliphatic carbocycles. The Labute approximate surface area is 130 Å². The molecule has 2 N–H and O–H groups in total. The zero-order valence-corrected chi connectivity index (χ0v) is 13.7. The molecule has 0 spiro atoms. The van der Waals surface area contributed by atoms with Crippen LogP contribution in [-0.2, 0) is 4.74 Å². The minimum Gasteiger partial charge on any atom is -0.375 e. The fourth-order valence-electron chi connectivity index (χ4n) is 4.80. The minimum atomic E-state index is 0.244. The highest BCUT2D eigenvalue weighted by molar-refractivity contribution is 5.02. The first-order valence-corrected chi connectivity index (χ1v) is 9.10. The Kier molecular flexibility index (Phi) is 5.20. The van der Waals surface area contributed by atoms with Crippen LogP contribution in [0, 0.1) is 0 Å². The van der Waals surface area contributed by atoms with Gasteiger partial charge in [0.15, 0.2) is 0 Å². The van der Waals surface area contributed by atoms with Crippen molar-refractivity contribution in [3.8, 4) is 0 Å². The zero-order valence-electron chi connectivity index (χ0n) is 13.7. The van der Waals surface area contributed by atoms with E-state index in [4.69, 9.17) is 10.5 Å². The van der Waals surface area contributed by atoms with Gasteiger partial charge in [-0.15, -0.1) is 0 Å². The average molecular weight is 295 g/mol. The van der Waals surface area contributed by atoms with Crippen LogP contribution in [0.15, 0.2) is 0 Å². The Hall–Kier alpha value is -0.160. The Balaban J connectivity index is 1.70. The van der Waals surface area contributed by atoms with E-state index in [2.05, 4.69) is 16.7 Å². The zero-order chi connectivity index (χ0) is 14.7. The van der Waals surface area contributed by atoms with Crippen molar-refractivity contribution in [2.75, 3.05) is 39.3 Å². The van der Waals surface area contributed by atoms with Crippen molar-refractivity contribution < 1.29 is 4.74 Å². The predicted molar refractivity (Wildman–Crippen MR) is 86.5 cm³/mol. The number of nitrogens with two attached hydrogens (primary N) is 1. The van der Waals surface area contributed by atoms with Crippen molar-refractivity contribution in [1.82, 2.24) is 9.80 Å². The monoisotopic (exact) mass is 295 g/mol. The third-order valence-electron chi connectivity index (χ3n) is 6.05. The molecule has 2 saturated heterocycles. The molecule has 2 atom stereocenters. The van der Waals surface area contributed by atoms with Crippen LogP contribution in [0.25, 0.3) is 0 Å². The molecule has 4 heteroatoms. The summed E-state index contributed by atoms with van der Waals surface area (Å²) in [5.74, 6) is 0. The number of hydrogen-bond donors (Lipinski definition) is 1. The van der Waals surface area contributed by atoms with Crippen LogP contribution in [0.1, 0.15) is 51.9 Å². The Morgan fingerprint density at radius 2 is 1.90 bits per heavy atom. The summed E-state index contributed by atoms with van der Waals surface area (Å²) in [5.41, 5.74) is 6.55. The number of likely N-dealkylation sites (tertiary alicyclic amines) is 1. The molecule has 3 aliphatic rings. The van der Waals surface area contributed by atoms with Gasteiger partial charge in [0, 0.05) is 24.7 Å². The maximum Gasteiger partial charge on any atom is 0.0731 e. The summed E-state index contributed by atoms with van der Waals surface area (Å²) >= 11 is 0. The number of fused-ring (bicyclic) bond motifs is 1. The molecule has 2 heterocycles. The van der Waals surface area contributed by atoms with Gasteiger partial charge in [-0.3, -0.25) is 4.90 Å². The maximum absolute atomic E-state index is 6.31. The topological polar surface area (TPSA) is 41.7 Å². The normalized spacial score (nSPS) is 34.6. The van der Waals surface area contributed by atoms with E-state index in [9.17, 15) is 0 Å². The first-order chi connectivity index (χ1) is 10.3. The summed E-state index contributed by atoms with van der Waals surface area (Å²) in [7, 11) is 0. The van der Waals surface area contributed by atoms with Crippen LogP contribution in [0.5, 0.6) is 0 Å². The predicted octanol–water partition coefficient (Wildman–Crippen LogP) is 1.83. The van der Waals surface area contributed by atoms with Crippen LogP contribution in [-0.4, -0.2) is 66.8 Å². The molecular weight excluding hydrogens is 262 g/mol. The average Bonchev–Trinajstić information content (AvgIpc) is 2.56. The molecule has 0 aromatic carbocycles. The lowest BCUT2D eigenvalue weighted by atomic mass is 9.80. The van der Waals surface area contributed by atoms with Gasteiger partial charge >= 0.3 is 0 Å². The molecule has 122 valence electrons. The lowest BCUT2D eigenvalue weighted by Gasteiger charge is -2.55. The van der Waals surface area contributed by atoms with Gasteiger partial charge < -0.3 is 15.4 Å². The van der Waals surface area contributed by atoms with Crippen LogP contribution < -0.4 is 5.73 Å². The fourth-order valence-corrected chi connectivity index (χ4v) is 4.80. The van der Waals surface area contributed by atoms with Crippen molar-refractivity contribution in [1.29, 1.82) is 0 Å². The second-order valence-corrected chi connectivity index (χ2v) is 7.22. The quantitative estimate of drug-likeness (QED) is 0.859. The van der Waals surface area contributed by atoms with E-state index in [0.717, 1.165) is 19.7 Å². The van der Waals surface area contributed by atoms with E-state index >= 15 is 0 Å². The summed E-state index contributed by atoms with van der Waals surface area (Å²) in [6, 6.07) is 0.633. The summed E-state index contributed by atoms with van der Waals surface area (Å²) < 4.78 is 6.06. The standard InChI is InChI=1S/C17H33N3O/c1-2-9-19-10-7-17(14-18,8-11-19)20-12-13-21-16-6-4-3-5-15(16)20/h15-16H,2-14,18H2,1H3. The van der Waals surface area contributed by atoms with Crippen molar-refractivity contribution >= 4 is 0 Å². The second-order valence-electron chi connectivity index (χ2n) is 7.22. The van der Waals surface area contributed by atoms with Gasteiger partial charge in [0.05, 0.1) is 12.7 Å². The molecule has 2 unspecified atom stereocenters. The molecular formula is C17H33N3O. The van der Waals surface area contributed by atoms with Gasteiger partial charge in [0.25, 0.3) is 0 Å². The summed E-state index contributed by atoms with van der Waals surface area (Å²) in [6.45, 7) is 8.78. The third kappa shape index (κ3) is 3.14. The van der Waals surface area contributed by atoms with E-state index in [1.807, 2.05) is 0 Å². The van der Waals surface area contributed by atoms with E-state index in [0.29, 0.717) is 12.1 Å². The molecule has 0 aromatic rings. The molecule has 3 fully saturated rings. The fraction of sp³-hybridized carbons (Fsp3) is 1.00. The minimum absolute atomic E-state index is 0.244. The molecule has 2 aliphatic heterocycles.